The van der Waals surface area contributed by atoms with Crippen LogP contribution >= 0.6 is 24.0 Å². The van der Waals surface area contributed by atoms with Gasteiger partial charge in [0.05, 0.1) is 17.9 Å². The number of aromatic nitrogens is 2. The third kappa shape index (κ3) is 3.79. The number of fused-ring (bicyclic) bond motifs is 1. The number of nitrogens with two attached hydrogens (primary N) is 1. The first kappa shape index (κ1) is 16.8. The van der Waals surface area contributed by atoms with E-state index in [9.17, 15) is 0 Å². The molecule has 0 unspecified atom stereocenters. The van der Waals surface area contributed by atoms with E-state index in [1.54, 1.807) is 0 Å². The van der Waals surface area contributed by atoms with Gasteiger partial charge in [-0.05, 0) is 43.4 Å². The molecule has 3 rings (SSSR count). The van der Waals surface area contributed by atoms with E-state index >= 15 is 0 Å². The zero-order valence-corrected chi connectivity index (χ0v) is 15.1. The highest BCUT2D eigenvalue weighted by Gasteiger charge is 2.18. The fourth-order valence-corrected chi connectivity index (χ4v) is 2.81. The number of anilines is 1. The van der Waals surface area contributed by atoms with Crippen LogP contribution < -0.4 is 11.1 Å². The maximum atomic E-state index is 5.96. The van der Waals surface area contributed by atoms with Crippen LogP contribution in [0.4, 0.5) is 5.69 Å². The van der Waals surface area contributed by atoms with Gasteiger partial charge in [0.1, 0.15) is 0 Å². The zero-order valence-electron chi connectivity index (χ0n) is 12.7. The van der Waals surface area contributed by atoms with Gasteiger partial charge in [-0.1, -0.05) is 18.2 Å². The molecule has 0 saturated heterocycles. The summed E-state index contributed by atoms with van der Waals surface area (Å²) in [6.45, 7) is 0.574. The lowest BCUT2D eigenvalue weighted by molar-refractivity contribution is 0.663. The Bertz CT molecular complexity index is 648. The number of nitrogens with zero attached hydrogens (tertiary/aromatic N) is 3. The van der Waals surface area contributed by atoms with Gasteiger partial charge in [0.15, 0.2) is 5.96 Å². The van der Waals surface area contributed by atoms with Gasteiger partial charge in [-0.2, -0.15) is 5.10 Å². The number of aliphatic imine (C=N–C) groups is 1. The highest BCUT2D eigenvalue weighted by Crippen LogP contribution is 2.24. The fraction of sp³-hybridized carbons (Fsp3) is 0.375. The Morgan fingerprint density at radius 1 is 1.27 bits per heavy atom. The van der Waals surface area contributed by atoms with E-state index in [1.807, 2.05) is 42.1 Å². The summed E-state index contributed by atoms with van der Waals surface area (Å²) >= 11 is 0. The van der Waals surface area contributed by atoms with Crippen LogP contribution in [0.15, 0.2) is 35.3 Å². The summed E-state index contributed by atoms with van der Waals surface area (Å²) in [6.07, 6.45) is 4.68. The smallest absolute Gasteiger partial charge is 0.193 e. The third-order valence-corrected chi connectivity index (χ3v) is 3.89. The van der Waals surface area contributed by atoms with E-state index in [4.69, 9.17) is 5.73 Å². The summed E-state index contributed by atoms with van der Waals surface area (Å²) in [5, 5.41) is 7.70. The highest BCUT2D eigenvalue weighted by atomic mass is 127. The summed E-state index contributed by atoms with van der Waals surface area (Å²) in [6, 6.07) is 9.84. The third-order valence-electron chi connectivity index (χ3n) is 3.89. The number of hydrogen-bond acceptors (Lipinski definition) is 2. The van der Waals surface area contributed by atoms with Crippen LogP contribution in [0.25, 0.3) is 0 Å². The number of para-hydroxylation sites is 1. The molecule has 6 heteroatoms. The molecule has 0 saturated carbocycles. The second kappa shape index (κ2) is 7.62. The Kier molecular flexibility index (Phi) is 5.82. The SMILES string of the molecule is Cn1nc2c(c1CN=C(N)Nc1ccccc1)CCCC2.I. The average molecular weight is 411 g/mol. The molecule has 1 aromatic carbocycles. The molecule has 1 aromatic heterocycles. The Balaban J connectivity index is 0.00000176. The van der Waals surface area contributed by atoms with Gasteiger partial charge < -0.3 is 11.1 Å². The molecule has 0 spiro atoms. The van der Waals surface area contributed by atoms with Gasteiger partial charge in [-0.25, -0.2) is 4.99 Å². The van der Waals surface area contributed by atoms with Crippen molar-refractivity contribution in [1.29, 1.82) is 0 Å². The lowest BCUT2D eigenvalue weighted by Crippen LogP contribution is -2.22. The first-order valence-corrected chi connectivity index (χ1v) is 7.39. The number of aryl methyl sites for hydroxylation is 2. The topological polar surface area (TPSA) is 68.2 Å². The monoisotopic (exact) mass is 411 g/mol. The van der Waals surface area contributed by atoms with Gasteiger partial charge in [0.25, 0.3) is 0 Å². The van der Waals surface area contributed by atoms with E-state index in [2.05, 4.69) is 15.4 Å². The van der Waals surface area contributed by atoms with E-state index in [1.165, 1.54) is 29.8 Å². The molecule has 0 aliphatic heterocycles. The minimum absolute atomic E-state index is 0. The second-order valence-corrected chi connectivity index (χ2v) is 5.40. The average Bonchev–Trinajstić information content (AvgIpc) is 2.81. The maximum Gasteiger partial charge on any atom is 0.193 e. The zero-order chi connectivity index (χ0) is 14.7. The maximum absolute atomic E-state index is 5.96. The number of benzene rings is 1. The molecule has 1 aliphatic carbocycles. The molecule has 1 aliphatic rings. The Morgan fingerprint density at radius 3 is 2.77 bits per heavy atom. The molecule has 1 heterocycles. The van der Waals surface area contributed by atoms with Crippen LogP contribution in [-0.4, -0.2) is 15.7 Å². The van der Waals surface area contributed by atoms with Gasteiger partial charge >= 0.3 is 0 Å². The molecule has 0 fully saturated rings. The first-order chi connectivity index (χ1) is 10.2. The van der Waals surface area contributed by atoms with Crippen LogP contribution in [0.1, 0.15) is 29.8 Å². The van der Waals surface area contributed by atoms with Crippen LogP contribution in [-0.2, 0) is 26.4 Å². The Morgan fingerprint density at radius 2 is 2.00 bits per heavy atom. The van der Waals surface area contributed by atoms with E-state index < -0.39 is 0 Å². The van der Waals surface area contributed by atoms with Crippen molar-refractivity contribution in [1.82, 2.24) is 9.78 Å². The lowest BCUT2D eigenvalue weighted by Gasteiger charge is -2.10. The molecule has 5 nitrogen and oxygen atoms in total. The van der Waals surface area contributed by atoms with Crippen molar-refractivity contribution in [2.75, 3.05) is 5.32 Å². The standard InChI is InChI=1S/C16H21N5.HI/c1-21-15(13-9-5-6-10-14(13)20-21)11-18-16(17)19-12-7-3-2-4-8-12;/h2-4,7-8H,5-6,9-11H2,1H3,(H3,17,18,19);1H. The predicted molar refractivity (Wildman–Crippen MR) is 101 cm³/mol. The van der Waals surface area contributed by atoms with Crippen molar-refractivity contribution in [2.45, 2.75) is 32.2 Å². The molecule has 2 aromatic rings. The summed E-state index contributed by atoms with van der Waals surface area (Å²) in [5.74, 6) is 0.437. The summed E-state index contributed by atoms with van der Waals surface area (Å²) < 4.78 is 1.95. The van der Waals surface area contributed by atoms with Gasteiger partial charge in [-0.15, -0.1) is 24.0 Å². The molecule has 0 bridgehead atoms. The van der Waals surface area contributed by atoms with Crippen LogP contribution in [0.5, 0.6) is 0 Å². The summed E-state index contributed by atoms with van der Waals surface area (Å²) in [5.41, 5.74) is 10.7. The molecule has 0 radical (unpaired) electrons. The van der Waals surface area contributed by atoms with Crippen LogP contribution in [0, 0.1) is 0 Å². The van der Waals surface area contributed by atoms with Crippen molar-refractivity contribution in [3.63, 3.8) is 0 Å². The minimum Gasteiger partial charge on any atom is -0.370 e. The largest absolute Gasteiger partial charge is 0.370 e. The van der Waals surface area contributed by atoms with Crippen molar-refractivity contribution >= 4 is 35.6 Å². The molecular weight excluding hydrogens is 389 g/mol. The van der Waals surface area contributed by atoms with Gasteiger partial charge in [-0.3, -0.25) is 4.68 Å². The van der Waals surface area contributed by atoms with Crippen molar-refractivity contribution in [3.8, 4) is 0 Å². The van der Waals surface area contributed by atoms with E-state index in [0.29, 0.717) is 12.5 Å². The van der Waals surface area contributed by atoms with E-state index in [-0.39, 0.29) is 24.0 Å². The predicted octanol–water partition coefficient (Wildman–Crippen LogP) is 2.84. The van der Waals surface area contributed by atoms with Gasteiger partial charge in [0, 0.05) is 12.7 Å². The van der Waals surface area contributed by atoms with Crippen LogP contribution in [0.2, 0.25) is 0 Å². The quantitative estimate of drug-likeness (QED) is 0.464. The second-order valence-electron chi connectivity index (χ2n) is 5.40. The summed E-state index contributed by atoms with van der Waals surface area (Å²) in [4.78, 5) is 4.45. The number of rotatable bonds is 3. The summed E-state index contributed by atoms with van der Waals surface area (Å²) in [7, 11) is 1.99. The molecule has 3 N–H and O–H groups in total. The highest BCUT2D eigenvalue weighted by molar-refractivity contribution is 14.0. The van der Waals surface area contributed by atoms with Crippen molar-refractivity contribution in [3.05, 3.63) is 47.3 Å². The fourth-order valence-electron chi connectivity index (χ4n) is 2.81. The molecule has 22 heavy (non-hydrogen) atoms. The normalized spacial score (nSPS) is 14.1. The number of hydrogen-bond donors (Lipinski definition) is 2. The number of nitrogens with one attached hydrogen (secondary N) is 1. The molecule has 0 atom stereocenters. The molecule has 118 valence electrons. The van der Waals surface area contributed by atoms with Crippen molar-refractivity contribution in [2.24, 2.45) is 17.8 Å². The van der Waals surface area contributed by atoms with E-state index in [0.717, 1.165) is 18.5 Å². The first-order valence-electron chi connectivity index (χ1n) is 7.39. The van der Waals surface area contributed by atoms with Gasteiger partial charge in [0.2, 0.25) is 0 Å². The number of guanidine groups is 1. The molecular formula is C16H22IN5. The Labute approximate surface area is 148 Å². The van der Waals surface area contributed by atoms with Crippen LogP contribution in [0.3, 0.4) is 0 Å². The number of halogens is 1. The Hall–Kier alpha value is -1.57. The van der Waals surface area contributed by atoms with Crippen molar-refractivity contribution < 1.29 is 0 Å². The minimum atomic E-state index is 0. The lowest BCUT2D eigenvalue weighted by atomic mass is 9.96. The molecule has 0 amide bonds.